The van der Waals surface area contributed by atoms with E-state index in [1.165, 1.54) is 0 Å². The summed E-state index contributed by atoms with van der Waals surface area (Å²) in [5.41, 5.74) is 4.10. The number of para-hydroxylation sites is 2. The molecule has 0 atom stereocenters. The van der Waals surface area contributed by atoms with Crippen molar-refractivity contribution >= 4 is 17.3 Å². The highest BCUT2D eigenvalue weighted by Gasteiger charge is 2.10. The first-order valence-electron chi connectivity index (χ1n) is 7.96. The van der Waals surface area contributed by atoms with Crippen molar-refractivity contribution in [1.29, 1.82) is 0 Å². The lowest BCUT2D eigenvalue weighted by Crippen LogP contribution is -2.18. The van der Waals surface area contributed by atoms with Crippen LogP contribution in [-0.2, 0) is 6.54 Å². The van der Waals surface area contributed by atoms with Gasteiger partial charge in [0.2, 0.25) is 0 Å². The highest BCUT2D eigenvalue weighted by molar-refractivity contribution is 5.93. The second kappa shape index (κ2) is 7.47. The first kappa shape index (κ1) is 15.8. The molecule has 3 nitrogen and oxygen atoms in total. The maximum Gasteiger partial charge on any atom is 0.251 e. The van der Waals surface area contributed by atoms with Crippen molar-refractivity contribution in [2.24, 2.45) is 0 Å². The molecule has 0 radical (unpaired) electrons. The molecule has 3 heteroatoms. The summed E-state index contributed by atoms with van der Waals surface area (Å²) in [6.07, 6.45) is 0. The Morgan fingerprint density at radius 3 is 1.75 bits per heavy atom. The van der Waals surface area contributed by atoms with E-state index >= 15 is 0 Å². The Morgan fingerprint density at radius 1 is 0.792 bits per heavy atom. The summed E-state index contributed by atoms with van der Waals surface area (Å²) in [5, 5.41) is 2.64. The fourth-order valence-corrected chi connectivity index (χ4v) is 2.64. The minimum atomic E-state index is -0.0653. The van der Waals surface area contributed by atoms with Gasteiger partial charge >= 0.3 is 0 Å². The van der Waals surface area contributed by atoms with Gasteiger partial charge in [-0.3, -0.25) is 4.79 Å². The fraction of sp³-hybridized carbons (Fsp3) is 0.0952. The SMILES string of the molecule is CNC(=O)c1ccc(CN(c2ccccc2)c2ccccc2)cc1. The first-order chi connectivity index (χ1) is 11.8. The molecule has 0 unspecified atom stereocenters. The lowest BCUT2D eigenvalue weighted by Gasteiger charge is -2.25. The summed E-state index contributed by atoms with van der Waals surface area (Å²) in [7, 11) is 1.64. The molecule has 0 saturated heterocycles. The molecule has 3 aromatic rings. The van der Waals surface area contributed by atoms with Crippen LogP contribution in [0.2, 0.25) is 0 Å². The van der Waals surface area contributed by atoms with Crippen LogP contribution >= 0.6 is 0 Å². The van der Waals surface area contributed by atoms with Gasteiger partial charge in [0, 0.05) is 30.5 Å². The van der Waals surface area contributed by atoms with Gasteiger partial charge in [-0.15, -0.1) is 0 Å². The predicted molar refractivity (Wildman–Crippen MR) is 98.6 cm³/mol. The number of benzene rings is 3. The molecule has 3 aromatic carbocycles. The predicted octanol–water partition coefficient (Wildman–Crippen LogP) is 4.38. The van der Waals surface area contributed by atoms with E-state index in [-0.39, 0.29) is 5.91 Å². The van der Waals surface area contributed by atoms with Crippen LogP contribution < -0.4 is 10.2 Å². The van der Waals surface area contributed by atoms with Crippen LogP contribution in [-0.4, -0.2) is 13.0 Å². The molecule has 0 aliphatic heterocycles. The number of rotatable bonds is 5. The Labute approximate surface area is 142 Å². The highest BCUT2D eigenvalue weighted by Crippen LogP contribution is 2.27. The number of amides is 1. The summed E-state index contributed by atoms with van der Waals surface area (Å²) < 4.78 is 0. The van der Waals surface area contributed by atoms with Gasteiger partial charge in [-0.2, -0.15) is 0 Å². The van der Waals surface area contributed by atoms with Crippen molar-refractivity contribution in [3.8, 4) is 0 Å². The molecular formula is C21H20N2O. The summed E-state index contributed by atoms with van der Waals surface area (Å²) in [6.45, 7) is 0.738. The zero-order valence-electron chi connectivity index (χ0n) is 13.6. The van der Waals surface area contributed by atoms with Crippen LogP contribution in [0.4, 0.5) is 11.4 Å². The second-order valence-corrected chi connectivity index (χ2v) is 5.53. The number of anilines is 2. The molecule has 1 amide bonds. The summed E-state index contributed by atoms with van der Waals surface area (Å²) in [5.74, 6) is -0.0653. The van der Waals surface area contributed by atoms with Gasteiger partial charge in [0.15, 0.2) is 0 Å². The molecule has 0 bridgehead atoms. The van der Waals surface area contributed by atoms with E-state index < -0.39 is 0 Å². The van der Waals surface area contributed by atoms with Crippen molar-refractivity contribution in [2.45, 2.75) is 6.54 Å². The van der Waals surface area contributed by atoms with Crippen molar-refractivity contribution < 1.29 is 4.79 Å². The lowest BCUT2D eigenvalue weighted by molar-refractivity contribution is 0.0963. The molecule has 0 spiro atoms. The van der Waals surface area contributed by atoms with E-state index in [9.17, 15) is 4.79 Å². The van der Waals surface area contributed by atoms with Crippen molar-refractivity contribution in [1.82, 2.24) is 5.32 Å². The van der Waals surface area contributed by atoms with E-state index in [4.69, 9.17) is 0 Å². The third-order valence-electron chi connectivity index (χ3n) is 3.92. The smallest absolute Gasteiger partial charge is 0.251 e. The zero-order valence-corrected chi connectivity index (χ0v) is 13.6. The number of hydrogen-bond donors (Lipinski definition) is 1. The molecule has 0 heterocycles. The normalized spacial score (nSPS) is 10.2. The quantitative estimate of drug-likeness (QED) is 0.757. The monoisotopic (exact) mass is 316 g/mol. The van der Waals surface area contributed by atoms with Gasteiger partial charge < -0.3 is 10.2 Å². The fourth-order valence-electron chi connectivity index (χ4n) is 2.64. The maximum absolute atomic E-state index is 11.7. The number of nitrogens with zero attached hydrogens (tertiary/aromatic N) is 1. The number of carbonyl (C=O) groups excluding carboxylic acids is 1. The number of hydrogen-bond acceptors (Lipinski definition) is 2. The minimum absolute atomic E-state index is 0.0653. The van der Waals surface area contributed by atoms with Crippen LogP contribution in [0.3, 0.4) is 0 Å². The van der Waals surface area contributed by atoms with Crippen molar-refractivity contribution in [3.05, 3.63) is 96.1 Å². The Morgan fingerprint density at radius 2 is 1.29 bits per heavy atom. The maximum atomic E-state index is 11.7. The van der Waals surface area contributed by atoms with Gasteiger partial charge in [0.05, 0.1) is 0 Å². The summed E-state index contributed by atoms with van der Waals surface area (Å²) >= 11 is 0. The Bertz CT molecular complexity index is 744. The van der Waals surface area contributed by atoms with Crippen molar-refractivity contribution in [2.75, 3.05) is 11.9 Å². The van der Waals surface area contributed by atoms with Gasteiger partial charge in [0.25, 0.3) is 5.91 Å². The van der Waals surface area contributed by atoms with Crippen LogP contribution in [0.5, 0.6) is 0 Å². The van der Waals surface area contributed by atoms with E-state index in [0.29, 0.717) is 5.56 Å². The van der Waals surface area contributed by atoms with E-state index in [1.54, 1.807) is 7.05 Å². The van der Waals surface area contributed by atoms with Gasteiger partial charge in [-0.25, -0.2) is 0 Å². The van der Waals surface area contributed by atoms with Crippen LogP contribution in [0, 0.1) is 0 Å². The molecule has 0 saturated carbocycles. The zero-order chi connectivity index (χ0) is 16.8. The van der Waals surface area contributed by atoms with Gasteiger partial charge in [0.1, 0.15) is 0 Å². The van der Waals surface area contributed by atoms with Crippen molar-refractivity contribution in [3.63, 3.8) is 0 Å². The highest BCUT2D eigenvalue weighted by atomic mass is 16.1. The number of nitrogens with one attached hydrogen (secondary N) is 1. The molecule has 3 rings (SSSR count). The molecule has 120 valence electrons. The minimum Gasteiger partial charge on any atom is -0.355 e. The topological polar surface area (TPSA) is 32.3 Å². The molecule has 24 heavy (non-hydrogen) atoms. The number of carbonyl (C=O) groups is 1. The van der Waals surface area contributed by atoms with Gasteiger partial charge in [-0.05, 0) is 42.0 Å². The third kappa shape index (κ3) is 3.63. The third-order valence-corrected chi connectivity index (χ3v) is 3.92. The molecule has 0 aromatic heterocycles. The molecular weight excluding hydrogens is 296 g/mol. The van der Waals surface area contributed by atoms with Crippen LogP contribution in [0.25, 0.3) is 0 Å². The largest absolute Gasteiger partial charge is 0.355 e. The Hall–Kier alpha value is -3.07. The van der Waals surface area contributed by atoms with Gasteiger partial charge in [-0.1, -0.05) is 48.5 Å². The Kier molecular flexibility index (Phi) is 4.92. The first-order valence-corrected chi connectivity index (χ1v) is 7.96. The van der Waals surface area contributed by atoms with Crippen LogP contribution in [0.15, 0.2) is 84.9 Å². The Balaban J connectivity index is 1.89. The molecule has 1 N–H and O–H groups in total. The molecule has 0 aliphatic rings. The summed E-state index contributed by atoms with van der Waals surface area (Å²) in [6, 6.07) is 28.3. The van der Waals surface area contributed by atoms with E-state index in [2.05, 4.69) is 34.5 Å². The van der Waals surface area contributed by atoms with E-state index in [1.807, 2.05) is 60.7 Å². The second-order valence-electron chi connectivity index (χ2n) is 5.53. The summed E-state index contributed by atoms with van der Waals surface area (Å²) in [4.78, 5) is 13.9. The molecule has 0 aliphatic carbocycles. The average molecular weight is 316 g/mol. The lowest BCUT2D eigenvalue weighted by atomic mass is 10.1. The van der Waals surface area contributed by atoms with E-state index in [0.717, 1.165) is 23.5 Å². The standard InChI is InChI=1S/C21H20N2O/c1-22-21(24)18-14-12-17(13-15-18)16-23(19-8-4-2-5-9-19)20-10-6-3-7-11-20/h2-15H,16H2,1H3,(H,22,24). The molecule has 0 fully saturated rings. The average Bonchev–Trinajstić information content (AvgIpc) is 2.67. The van der Waals surface area contributed by atoms with Crippen LogP contribution in [0.1, 0.15) is 15.9 Å².